The molecule has 1 radical (unpaired) electrons. The molecule has 0 aromatic heterocycles. The van der Waals surface area contributed by atoms with Crippen molar-refractivity contribution < 1.29 is 9.47 Å². The Labute approximate surface area is 77.7 Å². The van der Waals surface area contributed by atoms with Crippen LogP contribution >= 0.6 is 0 Å². The lowest BCUT2D eigenvalue weighted by molar-refractivity contribution is 0.355. The number of nitrogens with one attached hydrogen (secondary N) is 1. The van der Waals surface area contributed by atoms with Crippen LogP contribution < -0.4 is 14.8 Å². The molecule has 0 unspecified atom stereocenters. The van der Waals surface area contributed by atoms with Crippen LogP contribution in [0.1, 0.15) is 5.56 Å². The number of rotatable bonds is 2. The van der Waals surface area contributed by atoms with Gasteiger partial charge in [-0.15, -0.1) is 0 Å². The third kappa shape index (κ3) is 1.30. The average molecular weight is 178 g/mol. The summed E-state index contributed by atoms with van der Waals surface area (Å²) in [5, 5.41) is 3.24. The minimum atomic E-state index is 0.768. The molecular weight excluding hydrogens is 166 g/mol. The predicted octanol–water partition coefficient (Wildman–Crippen LogP) is 1.68. The van der Waals surface area contributed by atoms with E-state index in [0.717, 1.165) is 23.7 Å². The van der Waals surface area contributed by atoms with Crippen LogP contribution in [0.2, 0.25) is 0 Å². The predicted molar refractivity (Wildman–Crippen MR) is 51.4 cm³/mol. The van der Waals surface area contributed by atoms with Crippen LogP contribution in [-0.4, -0.2) is 20.8 Å². The topological polar surface area (TPSA) is 30.5 Å². The van der Waals surface area contributed by atoms with Crippen LogP contribution in [0.5, 0.6) is 11.5 Å². The second kappa shape index (κ2) is 3.17. The first-order valence-corrected chi connectivity index (χ1v) is 4.18. The molecule has 1 aliphatic rings. The molecule has 0 atom stereocenters. The van der Waals surface area contributed by atoms with Crippen molar-refractivity contribution in [1.29, 1.82) is 0 Å². The summed E-state index contributed by atoms with van der Waals surface area (Å²) in [6, 6.07) is 3.94. The lowest BCUT2D eigenvalue weighted by Gasteiger charge is -2.09. The molecule has 0 fully saturated rings. The van der Waals surface area contributed by atoms with Crippen LogP contribution in [-0.2, 0) is 0 Å². The van der Waals surface area contributed by atoms with E-state index in [4.69, 9.17) is 9.47 Å². The molecule has 0 bridgehead atoms. The smallest absolute Gasteiger partial charge is 0.162 e. The molecule has 0 saturated carbocycles. The molecule has 0 aliphatic carbocycles. The SMILES string of the molecule is COc1cc2c(cc1OC)NC[CH]2. The Hall–Kier alpha value is -1.38. The molecule has 0 saturated heterocycles. The Morgan fingerprint density at radius 2 is 1.85 bits per heavy atom. The molecular formula is C10H12NO2. The normalized spacial score (nSPS) is 13.4. The van der Waals surface area contributed by atoms with Gasteiger partial charge in [0.1, 0.15) is 0 Å². The Kier molecular flexibility index (Phi) is 2.00. The standard InChI is InChI=1S/C10H12NO2/c1-12-9-5-7-3-4-11-8(7)6-10(9)13-2/h3,5-6,11H,4H2,1-2H3. The van der Waals surface area contributed by atoms with Crippen molar-refractivity contribution in [3.63, 3.8) is 0 Å². The van der Waals surface area contributed by atoms with Crippen LogP contribution in [0.3, 0.4) is 0 Å². The van der Waals surface area contributed by atoms with E-state index in [1.165, 1.54) is 5.56 Å². The maximum Gasteiger partial charge on any atom is 0.162 e. The fourth-order valence-corrected chi connectivity index (χ4v) is 1.49. The zero-order chi connectivity index (χ0) is 9.26. The van der Waals surface area contributed by atoms with Crippen molar-refractivity contribution in [2.24, 2.45) is 0 Å². The van der Waals surface area contributed by atoms with Crippen LogP contribution in [0.15, 0.2) is 12.1 Å². The molecule has 13 heavy (non-hydrogen) atoms. The monoisotopic (exact) mass is 178 g/mol. The van der Waals surface area contributed by atoms with Gasteiger partial charge in [-0.25, -0.2) is 0 Å². The molecule has 0 spiro atoms. The third-order valence-corrected chi connectivity index (χ3v) is 2.17. The second-order valence-electron chi connectivity index (χ2n) is 2.88. The van der Waals surface area contributed by atoms with Gasteiger partial charge in [0, 0.05) is 24.7 Å². The highest BCUT2D eigenvalue weighted by molar-refractivity contribution is 5.66. The number of anilines is 1. The molecule has 1 aromatic rings. The van der Waals surface area contributed by atoms with Gasteiger partial charge in [0.2, 0.25) is 0 Å². The fourth-order valence-electron chi connectivity index (χ4n) is 1.49. The van der Waals surface area contributed by atoms with E-state index in [2.05, 4.69) is 11.7 Å². The van der Waals surface area contributed by atoms with E-state index in [1.807, 2.05) is 12.1 Å². The van der Waals surface area contributed by atoms with E-state index < -0.39 is 0 Å². The molecule has 1 aliphatic heterocycles. The summed E-state index contributed by atoms with van der Waals surface area (Å²) in [5.74, 6) is 1.55. The van der Waals surface area contributed by atoms with Crippen LogP contribution in [0, 0.1) is 6.42 Å². The van der Waals surface area contributed by atoms with E-state index >= 15 is 0 Å². The number of hydrogen-bond donors (Lipinski definition) is 1. The molecule has 3 nitrogen and oxygen atoms in total. The van der Waals surface area contributed by atoms with Gasteiger partial charge in [0.05, 0.1) is 14.2 Å². The van der Waals surface area contributed by atoms with Crippen LogP contribution in [0.25, 0.3) is 0 Å². The number of benzene rings is 1. The first kappa shape index (κ1) is 8.23. The summed E-state index contributed by atoms with van der Waals surface area (Å²) < 4.78 is 10.4. The summed E-state index contributed by atoms with van der Waals surface area (Å²) in [6.07, 6.45) is 2.12. The quantitative estimate of drug-likeness (QED) is 0.747. The van der Waals surface area contributed by atoms with Crippen molar-refractivity contribution in [2.75, 3.05) is 26.1 Å². The van der Waals surface area contributed by atoms with E-state index in [0.29, 0.717) is 0 Å². The second-order valence-corrected chi connectivity index (χ2v) is 2.88. The van der Waals surface area contributed by atoms with E-state index in [9.17, 15) is 0 Å². The van der Waals surface area contributed by atoms with Gasteiger partial charge in [-0.3, -0.25) is 0 Å². The number of hydrogen-bond acceptors (Lipinski definition) is 3. The molecule has 2 rings (SSSR count). The van der Waals surface area contributed by atoms with E-state index in [1.54, 1.807) is 14.2 Å². The molecule has 1 aromatic carbocycles. The average Bonchev–Trinajstić information content (AvgIpc) is 2.62. The summed E-state index contributed by atoms with van der Waals surface area (Å²) >= 11 is 0. The highest BCUT2D eigenvalue weighted by atomic mass is 16.5. The first-order valence-electron chi connectivity index (χ1n) is 4.18. The Bertz CT molecular complexity index is 292. The van der Waals surface area contributed by atoms with Crippen molar-refractivity contribution in [3.05, 3.63) is 24.1 Å². The van der Waals surface area contributed by atoms with E-state index in [-0.39, 0.29) is 0 Å². The summed E-state index contributed by atoms with van der Waals surface area (Å²) in [5.41, 5.74) is 2.29. The van der Waals surface area contributed by atoms with Gasteiger partial charge in [-0.05, 0) is 11.6 Å². The molecule has 0 amide bonds. The van der Waals surface area contributed by atoms with Gasteiger partial charge in [-0.2, -0.15) is 0 Å². The van der Waals surface area contributed by atoms with Gasteiger partial charge < -0.3 is 14.8 Å². The molecule has 1 N–H and O–H groups in total. The number of methoxy groups -OCH3 is 2. The zero-order valence-electron chi connectivity index (χ0n) is 7.76. The van der Waals surface area contributed by atoms with Gasteiger partial charge in [0.15, 0.2) is 11.5 Å². The van der Waals surface area contributed by atoms with Gasteiger partial charge >= 0.3 is 0 Å². The summed E-state index contributed by atoms with van der Waals surface area (Å²) in [6.45, 7) is 0.881. The Morgan fingerprint density at radius 3 is 2.54 bits per heavy atom. The van der Waals surface area contributed by atoms with Crippen molar-refractivity contribution in [2.45, 2.75) is 0 Å². The highest BCUT2D eigenvalue weighted by Crippen LogP contribution is 2.36. The van der Waals surface area contributed by atoms with Gasteiger partial charge in [-0.1, -0.05) is 0 Å². The minimum absolute atomic E-state index is 0.768. The maximum absolute atomic E-state index is 5.19. The Morgan fingerprint density at radius 1 is 1.15 bits per heavy atom. The van der Waals surface area contributed by atoms with Crippen molar-refractivity contribution in [1.82, 2.24) is 0 Å². The zero-order valence-corrected chi connectivity index (χ0v) is 7.76. The maximum atomic E-state index is 5.19. The van der Waals surface area contributed by atoms with Crippen LogP contribution in [0.4, 0.5) is 5.69 Å². The molecule has 3 heteroatoms. The van der Waals surface area contributed by atoms with Gasteiger partial charge in [0.25, 0.3) is 0 Å². The minimum Gasteiger partial charge on any atom is -0.493 e. The lowest BCUT2D eigenvalue weighted by atomic mass is 10.1. The molecule has 1 heterocycles. The summed E-state index contributed by atoms with van der Waals surface area (Å²) in [7, 11) is 3.29. The lowest BCUT2D eigenvalue weighted by Crippen LogP contribution is -1.93. The third-order valence-electron chi connectivity index (χ3n) is 2.17. The number of fused-ring (bicyclic) bond motifs is 1. The largest absolute Gasteiger partial charge is 0.493 e. The first-order chi connectivity index (χ1) is 6.35. The Balaban J connectivity index is 2.47. The molecule has 69 valence electrons. The highest BCUT2D eigenvalue weighted by Gasteiger charge is 2.14. The summed E-state index contributed by atoms with van der Waals surface area (Å²) in [4.78, 5) is 0. The van der Waals surface area contributed by atoms with Crippen molar-refractivity contribution >= 4 is 5.69 Å². The fraction of sp³-hybridized carbons (Fsp3) is 0.300. The number of ether oxygens (including phenoxy) is 2. The van der Waals surface area contributed by atoms with Crippen molar-refractivity contribution in [3.8, 4) is 11.5 Å².